The maximum Gasteiger partial charge on any atom is 0.223 e. The average Bonchev–Trinajstić information content (AvgIpc) is 3.03. The molecule has 1 saturated carbocycles. The molecule has 1 fully saturated rings. The van der Waals surface area contributed by atoms with Crippen LogP contribution in [0.3, 0.4) is 0 Å². The molecule has 0 spiro atoms. The minimum absolute atomic E-state index is 0.0729. The zero-order valence-corrected chi connectivity index (χ0v) is 11.7. The predicted molar refractivity (Wildman–Crippen MR) is 77.1 cm³/mol. The van der Waals surface area contributed by atoms with E-state index in [9.17, 15) is 4.79 Å². The van der Waals surface area contributed by atoms with Crippen molar-refractivity contribution in [1.29, 1.82) is 0 Å². The summed E-state index contributed by atoms with van der Waals surface area (Å²) < 4.78 is 1.99. The van der Waals surface area contributed by atoms with E-state index in [1.54, 1.807) is 0 Å². The summed E-state index contributed by atoms with van der Waals surface area (Å²) in [5, 5.41) is 2.97. The third kappa shape index (κ3) is 2.54. The third-order valence-corrected chi connectivity index (χ3v) is 4.02. The number of hydrogen-bond donors (Lipinski definition) is 2. The first-order valence-electron chi connectivity index (χ1n) is 7.10. The Hall–Kier alpha value is -1.88. The van der Waals surface area contributed by atoms with Gasteiger partial charge in [-0.3, -0.25) is 4.79 Å². The van der Waals surface area contributed by atoms with Gasteiger partial charge in [-0.2, -0.15) is 0 Å². The van der Waals surface area contributed by atoms with Crippen LogP contribution in [0.5, 0.6) is 0 Å². The molecule has 2 atom stereocenters. The van der Waals surface area contributed by atoms with Crippen molar-refractivity contribution in [2.75, 3.05) is 0 Å². The van der Waals surface area contributed by atoms with Crippen LogP contribution >= 0.6 is 0 Å². The van der Waals surface area contributed by atoms with Crippen LogP contribution in [0.15, 0.2) is 24.5 Å². The normalized spacial score (nSPS) is 22.3. The Morgan fingerprint density at radius 3 is 3.10 bits per heavy atom. The number of carbonyl (C=O) groups excluding carboxylic acids is 1. The van der Waals surface area contributed by atoms with Crippen LogP contribution < -0.4 is 11.1 Å². The quantitative estimate of drug-likeness (QED) is 0.886. The molecule has 1 aliphatic rings. The van der Waals surface area contributed by atoms with Gasteiger partial charge in [0.05, 0.1) is 12.2 Å². The molecule has 5 nitrogen and oxygen atoms in total. The first kappa shape index (κ1) is 13.1. The highest BCUT2D eigenvalue weighted by molar-refractivity contribution is 5.78. The van der Waals surface area contributed by atoms with E-state index in [1.165, 1.54) is 0 Å². The van der Waals surface area contributed by atoms with Crippen LogP contribution in [-0.4, -0.2) is 21.3 Å². The molecule has 5 heteroatoms. The van der Waals surface area contributed by atoms with E-state index < -0.39 is 0 Å². The molecule has 0 aromatic carbocycles. The molecule has 0 saturated heterocycles. The summed E-state index contributed by atoms with van der Waals surface area (Å²) in [6.45, 7) is 2.51. The summed E-state index contributed by atoms with van der Waals surface area (Å²) in [5.41, 5.74) is 8.80. The molecule has 1 aliphatic carbocycles. The van der Waals surface area contributed by atoms with Crippen molar-refractivity contribution in [3.8, 4) is 0 Å². The van der Waals surface area contributed by atoms with Crippen molar-refractivity contribution in [3.63, 3.8) is 0 Å². The second kappa shape index (κ2) is 5.25. The number of nitrogens with two attached hydrogens (primary N) is 1. The van der Waals surface area contributed by atoms with Crippen LogP contribution in [0, 0.1) is 12.8 Å². The van der Waals surface area contributed by atoms with Crippen LogP contribution in [0.2, 0.25) is 0 Å². The average molecular weight is 272 g/mol. The van der Waals surface area contributed by atoms with E-state index in [2.05, 4.69) is 10.3 Å². The third-order valence-electron chi connectivity index (χ3n) is 4.02. The van der Waals surface area contributed by atoms with Gasteiger partial charge in [0.1, 0.15) is 5.65 Å². The summed E-state index contributed by atoms with van der Waals surface area (Å²) in [5.74, 6) is 0.176. The fourth-order valence-corrected chi connectivity index (χ4v) is 2.87. The first-order valence-corrected chi connectivity index (χ1v) is 7.10. The molecular weight excluding hydrogens is 252 g/mol. The summed E-state index contributed by atoms with van der Waals surface area (Å²) in [6, 6.07) is 4.21. The minimum atomic E-state index is 0.0729. The van der Waals surface area contributed by atoms with E-state index in [0.717, 1.165) is 36.2 Å². The van der Waals surface area contributed by atoms with Crippen LogP contribution in [0.25, 0.3) is 5.65 Å². The van der Waals surface area contributed by atoms with Gasteiger partial charge < -0.3 is 15.5 Å². The van der Waals surface area contributed by atoms with E-state index in [1.807, 2.05) is 35.9 Å². The van der Waals surface area contributed by atoms with E-state index in [4.69, 9.17) is 5.73 Å². The molecule has 3 rings (SSSR count). The highest BCUT2D eigenvalue weighted by Gasteiger charge is 2.27. The van der Waals surface area contributed by atoms with Crippen LogP contribution in [0.1, 0.15) is 30.5 Å². The lowest BCUT2D eigenvalue weighted by molar-refractivity contribution is -0.125. The fraction of sp³-hybridized carbons (Fsp3) is 0.467. The smallest absolute Gasteiger partial charge is 0.223 e. The molecule has 20 heavy (non-hydrogen) atoms. The SMILES string of the molecule is Cc1cccn2cc(CNC(=O)C3CCC(N)C3)nc12. The fourth-order valence-electron chi connectivity index (χ4n) is 2.87. The number of amides is 1. The molecule has 0 aliphatic heterocycles. The molecule has 2 aromatic heterocycles. The topological polar surface area (TPSA) is 72.4 Å². The number of carbonyl (C=O) groups is 1. The second-order valence-corrected chi connectivity index (χ2v) is 5.64. The van der Waals surface area contributed by atoms with Gasteiger partial charge in [-0.1, -0.05) is 6.07 Å². The Morgan fingerprint density at radius 1 is 1.55 bits per heavy atom. The Balaban J connectivity index is 1.65. The highest BCUT2D eigenvalue weighted by atomic mass is 16.1. The number of fused-ring (bicyclic) bond motifs is 1. The lowest BCUT2D eigenvalue weighted by Gasteiger charge is -2.09. The van der Waals surface area contributed by atoms with Crippen LogP contribution in [0.4, 0.5) is 0 Å². The summed E-state index contributed by atoms with van der Waals surface area (Å²) >= 11 is 0. The second-order valence-electron chi connectivity index (χ2n) is 5.64. The van der Waals surface area contributed by atoms with Crippen molar-refractivity contribution in [2.45, 2.75) is 38.8 Å². The van der Waals surface area contributed by atoms with E-state index in [0.29, 0.717) is 6.54 Å². The molecule has 2 heterocycles. The number of hydrogen-bond acceptors (Lipinski definition) is 3. The van der Waals surface area contributed by atoms with Crippen molar-refractivity contribution < 1.29 is 4.79 Å². The standard InChI is InChI=1S/C15H20N4O/c1-10-3-2-6-19-9-13(18-14(10)19)8-17-15(20)11-4-5-12(16)7-11/h2-3,6,9,11-12H,4-5,7-8,16H2,1H3,(H,17,20). The zero-order valence-electron chi connectivity index (χ0n) is 11.7. The van der Waals surface area contributed by atoms with Gasteiger partial charge in [0.25, 0.3) is 0 Å². The number of nitrogens with one attached hydrogen (secondary N) is 1. The van der Waals surface area contributed by atoms with Gasteiger partial charge in [-0.05, 0) is 37.8 Å². The number of nitrogens with zero attached hydrogens (tertiary/aromatic N) is 2. The number of rotatable bonds is 3. The maximum absolute atomic E-state index is 12.0. The Labute approximate surface area is 118 Å². The van der Waals surface area contributed by atoms with Crippen molar-refractivity contribution in [2.24, 2.45) is 11.7 Å². The molecule has 0 bridgehead atoms. The highest BCUT2D eigenvalue weighted by Crippen LogP contribution is 2.24. The summed E-state index contributed by atoms with van der Waals surface area (Å²) in [4.78, 5) is 16.6. The van der Waals surface area contributed by atoms with Crippen molar-refractivity contribution in [1.82, 2.24) is 14.7 Å². The largest absolute Gasteiger partial charge is 0.350 e. The Kier molecular flexibility index (Phi) is 3.44. The summed E-state index contributed by atoms with van der Waals surface area (Å²) in [7, 11) is 0. The Morgan fingerprint density at radius 2 is 2.40 bits per heavy atom. The van der Waals surface area contributed by atoms with Gasteiger partial charge >= 0.3 is 0 Å². The van der Waals surface area contributed by atoms with Gasteiger partial charge in [-0.25, -0.2) is 4.98 Å². The van der Waals surface area contributed by atoms with Gasteiger partial charge in [0.2, 0.25) is 5.91 Å². The van der Waals surface area contributed by atoms with Gasteiger partial charge in [-0.15, -0.1) is 0 Å². The van der Waals surface area contributed by atoms with E-state index >= 15 is 0 Å². The maximum atomic E-state index is 12.0. The lowest BCUT2D eigenvalue weighted by atomic mass is 10.1. The lowest BCUT2D eigenvalue weighted by Crippen LogP contribution is -2.30. The number of imidazole rings is 1. The number of aryl methyl sites for hydroxylation is 1. The molecule has 0 radical (unpaired) electrons. The van der Waals surface area contributed by atoms with Gasteiger partial charge in [0.15, 0.2) is 0 Å². The Bertz CT molecular complexity index is 634. The molecule has 2 unspecified atom stereocenters. The molecular formula is C15H20N4O. The van der Waals surface area contributed by atoms with Gasteiger partial charge in [0, 0.05) is 24.4 Å². The number of aromatic nitrogens is 2. The molecule has 106 valence electrons. The molecule has 3 N–H and O–H groups in total. The molecule has 1 amide bonds. The minimum Gasteiger partial charge on any atom is -0.350 e. The monoisotopic (exact) mass is 272 g/mol. The van der Waals surface area contributed by atoms with E-state index in [-0.39, 0.29) is 17.9 Å². The first-order chi connectivity index (χ1) is 9.63. The summed E-state index contributed by atoms with van der Waals surface area (Å²) in [6.07, 6.45) is 6.58. The predicted octanol–water partition coefficient (Wildman–Crippen LogP) is 1.39. The van der Waals surface area contributed by atoms with Crippen molar-refractivity contribution in [3.05, 3.63) is 35.8 Å². The van der Waals surface area contributed by atoms with Crippen molar-refractivity contribution >= 4 is 11.6 Å². The number of pyridine rings is 1. The zero-order chi connectivity index (χ0) is 14.1. The molecule has 2 aromatic rings. The van der Waals surface area contributed by atoms with Crippen LogP contribution in [-0.2, 0) is 11.3 Å².